The maximum absolute atomic E-state index is 12.6. The van der Waals surface area contributed by atoms with Gasteiger partial charge in [0, 0.05) is 43.7 Å². The Hall–Kier alpha value is -2.70. The lowest BCUT2D eigenvalue weighted by molar-refractivity contribution is 0.191. The zero-order valence-corrected chi connectivity index (χ0v) is 14.6. The van der Waals surface area contributed by atoms with Gasteiger partial charge < -0.3 is 24.3 Å². The molecule has 0 saturated carbocycles. The lowest BCUT2D eigenvalue weighted by atomic mass is 10.0. The lowest BCUT2D eigenvalue weighted by Gasteiger charge is -2.26. The van der Waals surface area contributed by atoms with Crippen molar-refractivity contribution >= 4 is 6.03 Å². The number of ether oxygens (including phenoxy) is 2. The second-order valence-electron chi connectivity index (χ2n) is 5.99. The number of nitrogens with one attached hydrogen (secondary N) is 1. The predicted molar refractivity (Wildman–Crippen MR) is 93.9 cm³/mol. The van der Waals surface area contributed by atoms with Gasteiger partial charge in [0.1, 0.15) is 11.5 Å². The molecule has 1 unspecified atom stereocenters. The zero-order valence-electron chi connectivity index (χ0n) is 14.6. The van der Waals surface area contributed by atoms with Gasteiger partial charge in [0.15, 0.2) is 0 Å². The molecule has 0 spiro atoms. The van der Waals surface area contributed by atoms with Crippen LogP contribution in [0.2, 0.25) is 0 Å². The zero-order chi connectivity index (χ0) is 17.6. The van der Waals surface area contributed by atoms with E-state index in [2.05, 4.69) is 10.3 Å². The van der Waals surface area contributed by atoms with Crippen LogP contribution in [0.4, 0.5) is 4.79 Å². The molecule has 1 aliphatic heterocycles. The SMILES string of the molecule is COc1ccc(C2CCCN2C(=O)NCCn2ccnc2)c(OC)c1. The van der Waals surface area contributed by atoms with Gasteiger partial charge in [0.25, 0.3) is 0 Å². The molecule has 3 rings (SSSR count). The van der Waals surface area contributed by atoms with Crippen molar-refractivity contribution in [1.82, 2.24) is 19.8 Å². The minimum Gasteiger partial charge on any atom is -0.497 e. The topological polar surface area (TPSA) is 68.6 Å². The van der Waals surface area contributed by atoms with Gasteiger partial charge in [-0.25, -0.2) is 9.78 Å². The van der Waals surface area contributed by atoms with Crippen LogP contribution in [0.1, 0.15) is 24.4 Å². The highest BCUT2D eigenvalue weighted by Gasteiger charge is 2.31. The number of hydrogen-bond acceptors (Lipinski definition) is 4. The van der Waals surface area contributed by atoms with Gasteiger partial charge in [-0.2, -0.15) is 0 Å². The first kappa shape index (κ1) is 17.1. The van der Waals surface area contributed by atoms with E-state index >= 15 is 0 Å². The molecule has 2 amide bonds. The van der Waals surface area contributed by atoms with Crippen molar-refractivity contribution in [1.29, 1.82) is 0 Å². The van der Waals surface area contributed by atoms with Crippen molar-refractivity contribution in [2.24, 2.45) is 0 Å². The van der Waals surface area contributed by atoms with Gasteiger partial charge in [-0.15, -0.1) is 0 Å². The predicted octanol–water partition coefficient (Wildman–Crippen LogP) is 2.45. The lowest BCUT2D eigenvalue weighted by Crippen LogP contribution is -2.40. The first-order chi connectivity index (χ1) is 12.2. The molecule has 1 aromatic carbocycles. The van der Waals surface area contributed by atoms with Gasteiger partial charge in [-0.1, -0.05) is 0 Å². The Morgan fingerprint density at radius 1 is 1.36 bits per heavy atom. The average Bonchev–Trinajstić information content (AvgIpc) is 3.32. The van der Waals surface area contributed by atoms with Gasteiger partial charge in [0.05, 0.1) is 26.6 Å². The number of urea groups is 1. The summed E-state index contributed by atoms with van der Waals surface area (Å²) in [4.78, 5) is 18.5. The summed E-state index contributed by atoms with van der Waals surface area (Å²) in [5.74, 6) is 1.50. The molecular formula is C18H24N4O3. The first-order valence-corrected chi connectivity index (χ1v) is 8.45. The number of hydrogen-bond donors (Lipinski definition) is 1. The maximum Gasteiger partial charge on any atom is 0.317 e. The van der Waals surface area contributed by atoms with Crippen LogP contribution < -0.4 is 14.8 Å². The number of amides is 2. The van der Waals surface area contributed by atoms with Crippen LogP contribution >= 0.6 is 0 Å². The fourth-order valence-electron chi connectivity index (χ4n) is 3.24. The van der Waals surface area contributed by atoms with E-state index in [0.29, 0.717) is 13.1 Å². The summed E-state index contributed by atoms with van der Waals surface area (Å²) >= 11 is 0. The van der Waals surface area contributed by atoms with Crippen LogP contribution in [0.15, 0.2) is 36.9 Å². The minimum absolute atomic E-state index is 0.0223. The maximum atomic E-state index is 12.6. The second kappa shape index (κ2) is 7.92. The highest BCUT2D eigenvalue weighted by Crippen LogP contribution is 2.38. The summed E-state index contributed by atoms with van der Waals surface area (Å²) < 4.78 is 12.7. The first-order valence-electron chi connectivity index (χ1n) is 8.45. The molecule has 1 saturated heterocycles. The van der Waals surface area contributed by atoms with E-state index in [1.165, 1.54) is 0 Å². The summed E-state index contributed by atoms with van der Waals surface area (Å²) in [5, 5.41) is 3.00. The molecule has 0 radical (unpaired) electrons. The summed E-state index contributed by atoms with van der Waals surface area (Å²) in [5.41, 5.74) is 1.02. The second-order valence-corrected chi connectivity index (χ2v) is 5.99. The number of imidazole rings is 1. The molecule has 2 heterocycles. The number of benzene rings is 1. The van der Waals surface area contributed by atoms with E-state index in [4.69, 9.17) is 9.47 Å². The molecule has 7 nitrogen and oxygen atoms in total. The van der Waals surface area contributed by atoms with Crippen LogP contribution in [-0.2, 0) is 6.54 Å². The standard InChI is InChI=1S/C18H24N4O3/c1-24-14-5-6-15(17(12-14)25-2)16-4-3-9-22(16)18(23)20-8-11-21-10-7-19-13-21/h5-7,10,12-13,16H,3-4,8-9,11H2,1-2H3,(H,20,23). The number of rotatable bonds is 6. The Labute approximate surface area is 147 Å². The number of carbonyl (C=O) groups is 1. The van der Waals surface area contributed by atoms with E-state index in [0.717, 1.165) is 36.4 Å². The van der Waals surface area contributed by atoms with Gasteiger partial charge in [-0.05, 0) is 25.0 Å². The Morgan fingerprint density at radius 3 is 2.96 bits per heavy atom. The molecule has 0 aliphatic carbocycles. The normalized spacial score (nSPS) is 16.7. The van der Waals surface area contributed by atoms with Crippen LogP contribution in [0, 0.1) is 0 Å². The third-order valence-corrected chi connectivity index (χ3v) is 4.52. The molecule has 1 atom stereocenters. The monoisotopic (exact) mass is 344 g/mol. The summed E-state index contributed by atoms with van der Waals surface area (Å²) in [6.45, 7) is 2.02. The largest absolute Gasteiger partial charge is 0.497 e. The summed E-state index contributed by atoms with van der Waals surface area (Å²) in [7, 11) is 3.27. The van der Waals surface area contributed by atoms with Crippen molar-refractivity contribution < 1.29 is 14.3 Å². The van der Waals surface area contributed by atoms with Crippen molar-refractivity contribution in [3.05, 3.63) is 42.5 Å². The number of methoxy groups -OCH3 is 2. The number of carbonyl (C=O) groups excluding carboxylic acids is 1. The fraction of sp³-hybridized carbons (Fsp3) is 0.444. The van der Waals surface area contributed by atoms with Crippen LogP contribution in [0.25, 0.3) is 0 Å². The quantitative estimate of drug-likeness (QED) is 0.874. The highest BCUT2D eigenvalue weighted by atomic mass is 16.5. The Balaban J connectivity index is 1.66. The smallest absolute Gasteiger partial charge is 0.317 e. The van der Waals surface area contributed by atoms with Crippen LogP contribution in [-0.4, -0.2) is 47.8 Å². The summed E-state index contributed by atoms with van der Waals surface area (Å²) in [6, 6.07) is 5.74. The van der Waals surface area contributed by atoms with Crippen molar-refractivity contribution in [3.63, 3.8) is 0 Å². The van der Waals surface area contributed by atoms with Crippen molar-refractivity contribution in [3.8, 4) is 11.5 Å². The fourth-order valence-corrected chi connectivity index (χ4v) is 3.24. The van der Waals surface area contributed by atoms with E-state index < -0.39 is 0 Å². The number of nitrogens with zero attached hydrogens (tertiary/aromatic N) is 3. The molecule has 25 heavy (non-hydrogen) atoms. The number of likely N-dealkylation sites (tertiary alicyclic amines) is 1. The molecule has 0 bridgehead atoms. The van der Waals surface area contributed by atoms with Crippen molar-refractivity contribution in [2.45, 2.75) is 25.4 Å². The summed E-state index contributed by atoms with van der Waals surface area (Å²) in [6.07, 6.45) is 7.26. The molecule has 1 aromatic heterocycles. The Kier molecular flexibility index (Phi) is 5.42. The van der Waals surface area contributed by atoms with E-state index in [9.17, 15) is 4.79 Å². The Morgan fingerprint density at radius 2 is 2.24 bits per heavy atom. The Bertz CT molecular complexity index is 702. The van der Waals surface area contributed by atoms with Gasteiger partial charge in [-0.3, -0.25) is 0 Å². The van der Waals surface area contributed by atoms with Gasteiger partial charge >= 0.3 is 6.03 Å². The molecule has 7 heteroatoms. The third kappa shape index (κ3) is 3.87. The average molecular weight is 344 g/mol. The molecule has 1 fully saturated rings. The molecule has 134 valence electrons. The molecule has 1 aliphatic rings. The molecule has 2 aromatic rings. The minimum atomic E-state index is -0.0412. The van der Waals surface area contributed by atoms with E-state index in [1.807, 2.05) is 33.9 Å². The molecular weight excluding hydrogens is 320 g/mol. The van der Waals surface area contributed by atoms with Gasteiger partial charge in [0.2, 0.25) is 0 Å². The third-order valence-electron chi connectivity index (χ3n) is 4.52. The van der Waals surface area contributed by atoms with E-state index in [1.54, 1.807) is 26.7 Å². The van der Waals surface area contributed by atoms with Crippen LogP contribution in [0.5, 0.6) is 11.5 Å². The molecule has 1 N–H and O–H groups in total. The van der Waals surface area contributed by atoms with E-state index in [-0.39, 0.29) is 12.1 Å². The van der Waals surface area contributed by atoms with Crippen LogP contribution in [0.3, 0.4) is 0 Å². The highest BCUT2D eigenvalue weighted by molar-refractivity contribution is 5.75. The number of aromatic nitrogens is 2. The van der Waals surface area contributed by atoms with Crippen molar-refractivity contribution in [2.75, 3.05) is 27.3 Å².